The lowest BCUT2D eigenvalue weighted by atomic mass is 10.1. The SMILES string of the molecule is CC(=O)Cc1c(O)c(Cl)cc(O)c1F. The topological polar surface area (TPSA) is 57.5 Å². The zero-order chi connectivity index (χ0) is 10.9. The molecular weight excluding hydrogens is 211 g/mol. The third kappa shape index (κ3) is 1.96. The first-order chi connectivity index (χ1) is 6.43. The highest BCUT2D eigenvalue weighted by atomic mass is 35.5. The molecule has 14 heavy (non-hydrogen) atoms. The van der Waals surface area contributed by atoms with Crippen LogP contribution in [0, 0.1) is 5.82 Å². The molecule has 0 atom stereocenters. The van der Waals surface area contributed by atoms with Crippen molar-refractivity contribution in [1.29, 1.82) is 0 Å². The van der Waals surface area contributed by atoms with E-state index in [2.05, 4.69) is 0 Å². The van der Waals surface area contributed by atoms with Gasteiger partial charge < -0.3 is 10.2 Å². The van der Waals surface area contributed by atoms with Crippen molar-refractivity contribution in [1.82, 2.24) is 0 Å². The Kier molecular flexibility index (Phi) is 2.96. The van der Waals surface area contributed by atoms with Crippen LogP contribution in [0.25, 0.3) is 0 Å². The molecule has 0 aromatic heterocycles. The van der Waals surface area contributed by atoms with Gasteiger partial charge in [0.25, 0.3) is 0 Å². The maximum atomic E-state index is 13.2. The van der Waals surface area contributed by atoms with E-state index in [-0.39, 0.29) is 22.8 Å². The van der Waals surface area contributed by atoms with Crippen molar-refractivity contribution in [3.05, 3.63) is 22.5 Å². The average Bonchev–Trinajstić information content (AvgIpc) is 2.09. The molecule has 0 aliphatic heterocycles. The molecule has 0 saturated carbocycles. The van der Waals surface area contributed by atoms with Crippen molar-refractivity contribution >= 4 is 17.4 Å². The zero-order valence-electron chi connectivity index (χ0n) is 7.34. The van der Waals surface area contributed by atoms with Crippen molar-refractivity contribution in [2.24, 2.45) is 0 Å². The Hall–Kier alpha value is -1.29. The molecule has 0 saturated heterocycles. The fourth-order valence-corrected chi connectivity index (χ4v) is 1.28. The molecule has 3 nitrogen and oxygen atoms in total. The van der Waals surface area contributed by atoms with Gasteiger partial charge in [-0.25, -0.2) is 4.39 Å². The minimum absolute atomic E-state index is 0.180. The summed E-state index contributed by atoms with van der Waals surface area (Å²) in [5.41, 5.74) is -0.275. The lowest BCUT2D eigenvalue weighted by molar-refractivity contribution is -0.116. The van der Waals surface area contributed by atoms with E-state index in [0.29, 0.717) is 0 Å². The van der Waals surface area contributed by atoms with Crippen molar-refractivity contribution in [2.45, 2.75) is 13.3 Å². The molecule has 2 N–H and O–H groups in total. The molecule has 1 rings (SSSR count). The first kappa shape index (κ1) is 10.8. The Balaban J connectivity index is 3.31. The van der Waals surface area contributed by atoms with Crippen LogP contribution >= 0.6 is 11.6 Å². The Labute approximate surface area is 84.7 Å². The highest BCUT2D eigenvalue weighted by Gasteiger charge is 2.17. The summed E-state index contributed by atoms with van der Waals surface area (Å²) in [6.45, 7) is 1.25. The van der Waals surface area contributed by atoms with Crippen LogP contribution < -0.4 is 0 Å². The summed E-state index contributed by atoms with van der Waals surface area (Å²) in [6, 6.07) is 0.885. The van der Waals surface area contributed by atoms with Gasteiger partial charge in [0.1, 0.15) is 11.5 Å². The van der Waals surface area contributed by atoms with E-state index in [1.54, 1.807) is 0 Å². The highest BCUT2D eigenvalue weighted by molar-refractivity contribution is 6.32. The van der Waals surface area contributed by atoms with Gasteiger partial charge in [0.05, 0.1) is 5.02 Å². The number of ketones is 1. The summed E-state index contributed by atoms with van der Waals surface area (Å²) in [5.74, 6) is -2.52. The number of rotatable bonds is 2. The lowest BCUT2D eigenvalue weighted by Gasteiger charge is -2.07. The molecule has 0 amide bonds. The van der Waals surface area contributed by atoms with E-state index in [9.17, 15) is 14.3 Å². The second-order valence-corrected chi connectivity index (χ2v) is 3.30. The maximum Gasteiger partial charge on any atom is 0.172 e. The molecule has 0 bridgehead atoms. The summed E-state index contributed by atoms with van der Waals surface area (Å²) < 4.78 is 13.2. The van der Waals surface area contributed by atoms with Crippen LogP contribution in [0.4, 0.5) is 4.39 Å². The van der Waals surface area contributed by atoms with Crippen LogP contribution in [0.2, 0.25) is 5.02 Å². The Morgan fingerprint density at radius 2 is 2.14 bits per heavy atom. The third-order valence-electron chi connectivity index (χ3n) is 1.69. The van der Waals surface area contributed by atoms with Crippen LogP contribution in [0.3, 0.4) is 0 Å². The minimum atomic E-state index is -1.01. The van der Waals surface area contributed by atoms with Gasteiger partial charge in [0, 0.05) is 18.1 Å². The predicted octanol–water partition coefficient (Wildman–Crippen LogP) is 2.02. The molecular formula is C9H8ClFO3. The first-order valence-corrected chi connectivity index (χ1v) is 4.19. The quantitative estimate of drug-likeness (QED) is 0.747. The number of carbonyl (C=O) groups is 1. The Bertz CT molecular complexity index is 364. The number of hydrogen-bond donors (Lipinski definition) is 2. The number of benzene rings is 1. The molecule has 0 aliphatic carbocycles. The van der Waals surface area contributed by atoms with E-state index < -0.39 is 17.3 Å². The van der Waals surface area contributed by atoms with Gasteiger partial charge in [-0.1, -0.05) is 11.6 Å². The molecule has 1 aromatic rings. The third-order valence-corrected chi connectivity index (χ3v) is 1.98. The van der Waals surface area contributed by atoms with Gasteiger partial charge in [0.2, 0.25) is 0 Å². The molecule has 0 aliphatic rings. The molecule has 0 heterocycles. The van der Waals surface area contributed by atoms with Crippen LogP contribution in [0.1, 0.15) is 12.5 Å². The van der Waals surface area contributed by atoms with Gasteiger partial charge in [0.15, 0.2) is 11.6 Å². The second-order valence-electron chi connectivity index (χ2n) is 2.90. The smallest absolute Gasteiger partial charge is 0.172 e. The van der Waals surface area contributed by atoms with Crippen molar-refractivity contribution in [3.8, 4) is 11.5 Å². The first-order valence-electron chi connectivity index (χ1n) is 3.81. The molecule has 0 radical (unpaired) electrons. The summed E-state index contributed by atoms with van der Waals surface area (Å²) in [5, 5.41) is 18.2. The van der Waals surface area contributed by atoms with E-state index >= 15 is 0 Å². The van der Waals surface area contributed by atoms with E-state index in [4.69, 9.17) is 16.7 Å². The van der Waals surface area contributed by atoms with E-state index in [1.807, 2.05) is 0 Å². The lowest BCUT2D eigenvalue weighted by Crippen LogP contribution is -2.00. The van der Waals surface area contributed by atoms with Crippen LogP contribution in [-0.2, 0) is 11.2 Å². The predicted molar refractivity (Wildman–Crippen MR) is 49.1 cm³/mol. The largest absolute Gasteiger partial charge is 0.506 e. The van der Waals surface area contributed by atoms with Crippen molar-refractivity contribution in [2.75, 3.05) is 0 Å². The summed E-state index contributed by atoms with van der Waals surface area (Å²) in [6.07, 6.45) is -0.300. The number of Topliss-reactive ketones (excluding diaryl/α,β-unsaturated/α-hetero) is 1. The zero-order valence-corrected chi connectivity index (χ0v) is 8.10. The van der Waals surface area contributed by atoms with Gasteiger partial charge >= 0.3 is 0 Å². The standard InChI is InChI=1S/C9H8ClFO3/c1-4(12)2-5-8(11)7(13)3-6(10)9(5)14/h3,13-14H,2H2,1H3. The molecule has 0 unspecified atom stereocenters. The number of carbonyl (C=O) groups excluding carboxylic acids is 1. The summed E-state index contributed by atoms with van der Waals surface area (Å²) >= 11 is 5.49. The number of phenols is 2. The summed E-state index contributed by atoms with van der Waals surface area (Å²) in [7, 11) is 0. The molecule has 0 spiro atoms. The maximum absolute atomic E-state index is 13.2. The number of phenolic OH excluding ortho intramolecular Hbond substituents is 2. The second kappa shape index (κ2) is 3.84. The van der Waals surface area contributed by atoms with Crippen LogP contribution in [0.5, 0.6) is 11.5 Å². The van der Waals surface area contributed by atoms with Crippen molar-refractivity contribution in [3.63, 3.8) is 0 Å². The van der Waals surface area contributed by atoms with Gasteiger partial charge in [-0.05, 0) is 6.92 Å². The van der Waals surface area contributed by atoms with Crippen molar-refractivity contribution < 1.29 is 19.4 Å². The molecule has 0 fully saturated rings. The van der Waals surface area contributed by atoms with E-state index in [1.165, 1.54) is 6.92 Å². The highest BCUT2D eigenvalue weighted by Crippen LogP contribution is 2.35. The number of halogens is 2. The van der Waals surface area contributed by atoms with Gasteiger partial charge in [-0.15, -0.1) is 0 Å². The monoisotopic (exact) mass is 218 g/mol. The van der Waals surface area contributed by atoms with Gasteiger partial charge in [-0.2, -0.15) is 0 Å². The minimum Gasteiger partial charge on any atom is -0.506 e. The molecule has 76 valence electrons. The molecule has 5 heteroatoms. The fourth-order valence-electron chi connectivity index (χ4n) is 1.06. The molecule has 1 aromatic carbocycles. The Morgan fingerprint density at radius 3 is 2.64 bits per heavy atom. The van der Waals surface area contributed by atoms with Gasteiger partial charge in [-0.3, -0.25) is 4.79 Å². The number of aromatic hydroxyl groups is 2. The van der Waals surface area contributed by atoms with Crippen LogP contribution in [0.15, 0.2) is 6.07 Å². The van der Waals surface area contributed by atoms with Crippen LogP contribution in [-0.4, -0.2) is 16.0 Å². The Morgan fingerprint density at radius 1 is 1.57 bits per heavy atom. The average molecular weight is 219 g/mol. The number of hydrogen-bond acceptors (Lipinski definition) is 3. The van der Waals surface area contributed by atoms with E-state index in [0.717, 1.165) is 6.07 Å². The fraction of sp³-hybridized carbons (Fsp3) is 0.222. The summed E-state index contributed by atoms with van der Waals surface area (Å²) in [4.78, 5) is 10.7. The normalized spacial score (nSPS) is 10.2.